The Morgan fingerprint density at radius 2 is 2.05 bits per heavy atom. The Balaban J connectivity index is 1.90. The van der Waals surface area contributed by atoms with Gasteiger partial charge in [-0.25, -0.2) is 4.98 Å². The summed E-state index contributed by atoms with van der Waals surface area (Å²) in [6.07, 6.45) is 3.20. The molecular weight excluding hydrogens is 240 g/mol. The molecule has 0 fully saturated rings. The fraction of sp³-hybridized carbons (Fsp3) is 0. The van der Waals surface area contributed by atoms with Gasteiger partial charge in [0.1, 0.15) is 5.82 Å². The van der Waals surface area contributed by atoms with Gasteiger partial charge in [-0.05, 0) is 18.2 Å². The number of hydrogen-bond donors (Lipinski definition) is 3. The van der Waals surface area contributed by atoms with Gasteiger partial charge in [0.05, 0.1) is 17.4 Å². The topological polar surface area (TPSA) is 83.8 Å². The first-order valence-corrected chi connectivity index (χ1v) is 5.83. The second kappa shape index (κ2) is 4.45. The molecule has 0 unspecified atom stereocenters. The third-order valence-electron chi connectivity index (χ3n) is 2.86. The van der Waals surface area contributed by atoms with Gasteiger partial charge in [-0.1, -0.05) is 18.2 Å². The molecule has 2 aromatic heterocycles. The predicted octanol–water partition coefficient (Wildman–Crippen LogP) is 2.40. The van der Waals surface area contributed by atoms with Crippen molar-refractivity contribution in [3.8, 4) is 0 Å². The number of aromatic amines is 1. The molecule has 3 aromatic rings. The molecule has 2 heterocycles. The molecule has 19 heavy (non-hydrogen) atoms. The quantitative estimate of drug-likeness (QED) is 0.654. The van der Waals surface area contributed by atoms with Gasteiger partial charge >= 0.3 is 0 Å². The highest BCUT2D eigenvalue weighted by atomic mass is 16.1. The normalized spacial score (nSPS) is 10.5. The number of anilines is 2. The summed E-state index contributed by atoms with van der Waals surface area (Å²) in [5, 5.41) is 3.62. The lowest BCUT2D eigenvalue weighted by atomic mass is 10.1. The van der Waals surface area contributed by atoms with E-state index < -0.39 is 0 Å². The van der Waals surface area contributed by atoms with E-state index in [1.807, 2.05) is 24.3 Å². The number of nitrogen functional groups attached to an aromatic ring is 1. The second-order valence-corrected chi connectivity index (χ2v) is 4.18. The maximum atomic E-state index is 12.2. The van der Waals surface area contributed by atoms with Crippen molar-refractivity contribution in [2.45, 2.75) is 0 Å². The molecule has 4 N–H and O–H groups in total. The van der Waals surface area contributed by atoms with Gasteiger partial charge in [-0.15, -0.1) is 0 Å². The zero-order valence-electron chi connectivity index (χ0n) is 10.1. The van der Waals surface area contributed by atoms with E-state index in [-0.39, 0.29) is 5.91 Å². The number of rotatable bonds is 2. The third-order valence-corrected chi connectivity index (χ3v) is 2.86. The molecule has 3 rings (SSSR count). The number of nitrogens with two attached hydrogens (primary N) is 1. The summed E-state index contributed by atoms with van der Waals surface area (Å²) in [5.74, 6) is 0.277. The van der Waals surface area contributed by atoms with Crippen LogP contribution in [0.15, 0.2) is 48.8 Å². The Morgan fingerprint density at radius 1 is 1.21 bits per heavy atom. The van der Waals surface area contributed by atoms with Gasteiger partial charge in [-0.3, -0.25) is 4.79 Å². The van der Waals surface area contributed by atoms with Crippen LogP contribution in [0, 0.1) is 0 Å². The molecule has 0 bridgehead atoms. The van der Waals surface area contributed by atoms with Crippen LogP contribution in [0.2, 0.25) is 0 Å². The Kier molecular flexibility index (Phi) is 2.64. The molecule has 0 spiro atoms. The van der Waals surface area contributed by atoms with Crippen molar-refractivity contribution >= 4 is 28.3 Å². The van der Waals surface area contributed by atoms with E-state index in [9.17, 15) is 4.79 Å². The molecule has 0 saturated carbocycles. The van der Waals surface area contributed by atoms with Gasteiger partial charge in [0.25, 0.3) is 5.91 Å². The minimum Gasteiger partial charge on any atom is -0.397 e. The van der Waals surface area contributed by atoms with E-state index in [1.54, 1.807) is 18.3 Å². The van der Waals surface area contributed by atoms with Crippen LogP contribution >= 0.6 is 0 Å². The van der Waals surface area contributed by atoms with Crippen LogP contribution in [0.5, 0.6) is 0 Å². The van der Waals surface area contributed by atoms with Gasteiger partial charge in [-0.2, -0.15) is 0 Å². The lowest BCUT2D eigenvalue weighted by Gasteiger charge is -2.03. The van der Waals surface area contributed by atoms with Crippen molar-refractivity contribution in [1.82, 2.24) is 9.97 Å². The maximum absolute atomic E-state index is 12.2. The molecule has 0 atom stereocenters. The second-order valence-electron chi connectivity index (χ2n) is 4.18. The van der Waals surface area contributed by atoms with Gasteiger partial charge < -0.3 is 16.0 Å². The Labute approximate surface area is 109 Å². The van der Waals surface area contributed by atoms with Crippen molar-refractivity contribution < 1.29 is 4.79 Å². The number of hydrogen-bond acceptors (Lipinski definition) is 3. The number of aromatic nitrogens is 2. The lowest BCUT2D eigenvalue weighted by molar-refractivity contribution is 0.102. The highest BCUT2D eigenvalue weighted by molar-refractivity contribution is 6.12. The van der Waals surface area contributed by atoms with Crippen molar-refractivity contribution in [3.05, 3.63) is 54.4 Å². The van der Waals surface area contributed by atoms with Crippen molar-refractivity contribution in [1.29, 1.82) is 0 Å². The molecule has 0 radical (unpaired) electrons. The summed E-state index contributed by atoms with van der Waals surface area (Å²) in [6.45, 7) is 0. The molecule has 0 aliphatic carbocycles. The summed E-state index contributed by atoms with van der Waals surface area (Å²) in [5.41, 5.74) is 7.63. The summed E-state index contributed by atoms with van der Waals surface area (Å²) in [6, 6.07) is 11.0. The summed E-state index contributed by atoms with van der Waals surface area (Å²) < 4.78 is 0. The fourth-order valence-electron chi connectivity index (χ4n) is 1.92. The third kappa shape index (κ3) is 2.13. The number of benzene rings is 1. The molecule has 0 aliphatic rings. The number of H-pyrrole nitrogens is 1. The standard InChI is InChI=1S/C14H12N4O/c15-9-5-6-13(17-7-9)18-14(19)11-8-16-12-4-2-1-3-10(11)12/h1-8,16H,15H2,(H,17,18,19). The Hall–Kier alpha value is -2.82. The van der Waals surface area contributed by atoms with Crippen molar-refractivity contribution in [3.63, 3.8) is 0 Å². The SMILES string of the molecule is Nc1ccc(NC(=O)c2c[nH]c3ccccc23)nc1. The first-order chi connectivity index (χ1) is 9.24. The van der Waals surface area contributed by atoms with E-state index in [2.05, 4.69) is 15.3 Å². The number of fused-ring (bicyclic) bond motifs is 1. The Morgan fingerprint density at radius 3 is 2.84 bits per heavy atom. The average Bonchev–Trinajstić information content (AvgIpc) is 2.85. The molecule has 1 amide bonds. The van der Waals surface area contributed by atoms with Gasteiger partial charge in [0.2, 0.25) is 0 Å². The van der Waals surface area contributed by atoms with Crippen molar-refractivity contribution in [2.75, 3.05) is 11.1 Å². The molecule has 0 saturated heterocycles. The molecule has 5 nitrogen and oxygen atoms in total. The number of carbonyl (C=O) groups excluding carboxylic acids is 1. The number of nitrogens with one attached hydrogen (secondary N) is 2. The van der Waals surface area contributed by atoms with Crippen LogP contribution in [-0.4, -0.2) is 15.9 Å². The average molecular weight is 252 g/mol. The first kappa shape index (κ1) is 11.3. The minimum absolute atomic E-state index is 0.199. The number of para-hydroxylation sites is 1. The summed E-state index contributed by atoms with van der Waals surface area (Å²) >= 11 is 0. The maximum Gasteiger partial charge on any atom is 0.258 e. The van der Waals surface area contributed by atoms with Crippen LogP contribution in [0.4, 0.5) is 11.5 Å². The highest BCUT2D eigenvalue weighted by Crippen LogP contribution is 2.18. The monoisotopic (exact) mass is 252 g/mol. The zero-order chi connectivity index (χ0) is 13.2. The molecule has 5 heteroatoms. The first-order valence-electron chi connectivity index (χ1n) is 5.83. The van der Waals surface area contributed by atoms with Crippen LogP contribution in [-0.2, 0) is 0 Å². The Bertz CT molecular complexity index is 731. The van der Waals surface area contributed by atoms with E-state index in [0.29, 0.717) is 17.1 Å². The van der Waals surface area contributed by atoms with Crippen LogP contribution in [0.25, 0.3) is 10.9 Å². The predicted molar refractivity (Wildman–Crippen MR) is 74.9 cm³/mol. The number of nitrogens with zero attached hydrogens (tertiary/aromatic N) is 1. The van der Waals surface area contributed by atoms with Crippen LogP contribution < -0.4 is 11.1 Å². The molecule has 94 valence electrons. The van der Waals surface area contributed by atoms with E-state index in [4.69, 9.17) is 5.73 Å². The largest absolute Gasteiger partial charge is 0.397 e. The molecule has 0 aliphatic heterocycles. The smallest absolute Gasteiger partial charge is 0.258 e. The minimum atomic E-state index is -0.199. The van der Waals surface area contributed by atoms with Gasteiger partial charge in [0, 0.05) is 17.1 Å². The number of amides is 1. The number of carbonyl (C=O) groups is 1. The number of pyridine rings is 1. The molecule has 1 aromatic carbocycles. The van der Waals surface area contributed by atoms with E-state index >= 15 is 0 Å². The lowest BCUT2D eigenvalue weighted by Crippen LogP contribution is -2.12. The van der Waals surface area contributed by atoms with E-state index in [1.165, 1.54) is 6.20 Å². The van der Waals surface area contributed by atoms with Crippen LogP contribution in [0.3, 0.4) is 0 Å². The zero-order valence-corrected chi connectivity index (χ0v) is 10.1. The van der Waals surface area contributed by atoms with Gasteiger partial charge in [0.15, 0.2) is 0 Å². The van der Waals surface area contributed by atoms with E-state index in [0.717, 1.165) is 10.9 Å². The fourth-order valence-corrected chi connectivity index (χ4v) is 1.92. The van der Waals surface area contributed by atoms with Crippen molar-refractivity contribution in [2.24, 2.45) is 0 Å². The summed E-state index contributed by atoms with van der Waals surface area (Å²) in [7, 11) is 0. The highest BCUT2D eigenvalue weighted by Gasteiger charge is 2.11. The summed E-state index contributed by atoms with van der Waals surface area (Å²) in [4.78, 5) is 19.3. The van der Waals surface area contributed by atoms with Crippen LogP contribution in [0.1, 0.15) is 10.4 Å². The molecular formula is C14H12N4O.